The van der Waals surface area contributed by atoms with E-state index < -0.39 is 5.25 Å². The van der Waals surface area contributed by atoms with E-state index in [1.54, 1.807) is 35.8 Å². The SMILES string of the molecule is CC(Sc1nc2ccccc2c(=O)n1CCCc1ccccc1)C(=O)Nc1ccc2[nH]c(=O)[nH]c2c1. The van der Waals surface area contributed by atoms with Crippen LogP contribution in [-0.4, -0.2) is 30.7 Å². The van der Waals surface area contributed by atoms with Crippen molar-refractivity contribution in [3.05, 3.63) is 99.2 Å². The van der Waals surface area contributed by atoms with Gasteiger partial charge >= 0.3 is 5.69 Å². The van der Waals surface area contributed by atoms with Gasteiger partial charge in [-0.15, -0.1) is 0 Å². The fraction of sp³-hybridized carbons (Fsp3) is 0.185. The van der Waals surface area contributed by atoms with Crippen LogP contribution in [0.5, 0.6) is 0 Å². The molecule has 0 spiro atoms. The van der Waals surface area contributed by atoms with E-state index in [9.17, 15) is 14.4 Å². The Hall–Kier alpha value is -4.11. The lowest BCUT2D eigenvalue weighted by Crippen LogP contribution is -2.27. The number of hydrogen-bond acceptors (Lipinski definition) is 5. The number of carbonyl (C=O) groups excluding carboxylic acids is 1. The van der Waals surface area contributed by atoms with Gasteiger partial charge in [0.05, 0.1) is 27.2 Å². The third-order valence-corrected chi connectivity index (χ3v) is 7.04. The lowest BCUT2D eigenvalue weighted by molar-refractivity contribution is -0.115. The van der Waals surface area contributed by atoms with Gasteiger partial charge < -0.3 is 15.3 Å². The van der Waals surface area contributed by atoms with E-state index in [0.717, 1.165) is 12.8 Å². The van der Waals surface area contributed by atoms with Gasteiger partial charge in [0, 0.05) is 12.2 Å². The van der Waals surface area contributed by atoms with Crippen molar-refractivity contribution < 1.29 is 4.79 Å². The minimum absolute atomic E-state index is 0.106. The number of para-hydroxylation sites is 1. The van der Waals surface area contributed by atoms with Crippen LogP contribution in [0.1, 0.15) is 18.9 Å². The molecule has 0 saturated heterocycles. The molecule has 5 aromatic rings. The fourth-order valence-corrected chi connectivity index (χ4v) is 5.02. The van der Waals surface area contributed by atoms with Crippen molar-refractivity contribution in [2.24, 2.45) is 0 Å². The van der Waals surface area contributed by atoms with Gasteiger partial charge in [-0.3, -0.25) is 14.2 Å². The van der Waals surface area contributed by atoms with Crippen LogP contribution >= 0.6 is 11.8 Å². The minimum atomic E-state index is -0.514. The predicted molar refractivity (Wildman–Crippen MR) is 144 cm³/mol. The predicted octanol–water partition coefficient (Wildman–Crippen LogP) is 4.32. The van der Waals surface area contributed by atoms with Crippen molar-refractivity contribution in [2.45, 2.75) is 36.7 Å². The van der Waals surface area contributed by atoms with E-state index in [1.165, 1.54) is 17.3 Å². The number of anilines is 1. The molecular formula is C27H25N5O3S. The number of hydrogen-bond donors (Lipinski definition) is 3. The second-order valence-corrected chi connectivity index (χ2v) is 9.85. The molecule has 0 aliphatic carbocycles. The van der Waals surface area contributed by atoms with Crippen molar-refractivity contribution in [3.8, 4) is 0 Å². The molecule has 0 saturated carbocycles. The highest BCUT2D eigenvalue weighted by Crippen LogP contribution is 2.24. The van der Waals surface area contributed by atoms with E-state index in [4.69, 9.17) is 4.98 Å². The summed E-state index contributed by atoms with van der Waals surface area (Å²) in [6.45, 7) is 2.28. The molecule has 0 aliphatic rings. The highest BCUT2D eigenvalue weighted by Gasteiger charge is 2.20. The first kappa shape index (κ1) is 23.6. The molecule has 36 heavy (non-hydrogen) atoms. The molecule has 1 amide bonds. The maximum atomic E-state index is 13.3. The summed E-state index contributed by atoms with van der Waals surface area (Å²) < 4.78 is 1.68. The minimum Gasteiger partial charge on any atom is -0.325 e. The van der Waals surface area contributed by atoms with E-state index >= 15 is 0 Å². The van der Waals surface area contributed by atoms with Crippen LogP contribution in [0, 0.1) is 0 Å². The number of aromatic amines is 2. The molecule has 9 heteroatoms. The first-order valence-electron chi connectivity index (χ1n) is 11.7. The van der Waals surface area contributed by atoms with Gasteiger partial charge in [-0.05, 0) is 55.7 Å². The number of aryl methyl sites for hydroxylation is 1. The van der Waals surface area contributed by atoms with E-state index in [1.807, 2.05) is 36.4 Å². The maximum Gasteiger partial charge on any atom is 0.323 e. The van der Waals surface area contributed by atoms with E-state index in [2.05, 4.69) is 27.4 Å². The third-order valence-electron chi connectivity index (χ3n) is 5.95. The standard InChI is InChI=1S/C27H25N5O3S/c1-17(24(33)28-19-13-14-22-23(16-19)30-26(35)29-22)36-27-31-21-12-6-5-11-20(21)25(34)32(27)15-7-10-18-8-3-2-4-9-18/h2-6,8-9,11-14,16-17H,7,10,15H2,1H3,(H,28,33)(H2,29,30,35). The smallest absolute Gasteiger partial charge is 0.323 e. The second-order valence-electron chi connectivity index (χ2n) is 8.55. The van der Waals surface area contributed by atoms with Gasteiger partial charge in [0.25, 0.3) is 5.56 Å². The van der Waals surface area contributed by atoms with Crippen molar-refractivity contribution in [1.29, 1.82) is 0 Å². The van der Waals surface area contributed by atoms with Gasteiger partial charge in [0.15, 0.2) is 5.16 Å². The highest BCUT2D eigenvalue weighted by atomic mass is 32.2. The topological polar surface area (TPSA) is 113 Å². The van der Waals surface area contributed by atoms with Gasteiger partial charge in [-0.1, -0.05) is 54.2 Å². The Labute approximate surface area is 210 Å². The first-order chi connectivity index (χ1) is 17.5. The van der Waals surface area contributed by atoms with E-state index in [0.29, 0.717) is 39.3 Å². The summed E-state index contributed by atoms with van der Waals surface area (Å²) in [6, 6.07) is 22.6. The number of nitrogens with zero attached hydrogens (tertiary/aromatic N) is 2. The molecular weight excluding hydrogens is 474 g/mol. The maximum absolute atomic E-state index is 13.3. The molecule has 3 N–H and O–H groups in total. The van der Waals surface area contributed by atoms with Crippen molar-refractivity contribution in [1.82, 2.24) is 19.5 Å². The summed E-state index contributed by atoms with van der Waals surface area (Å²) in [5.41, 5.74) is 3.26. The van der Waals surface area contributed by atoms with Crippen LogP contribution in [0.3, 0.4) is 0 Å². The zero-order valence-electron chi connectivity index (χ0n) is 19.7. The van der Waals surface area contributed by atoms with Crippen molar-refractivity contribution >= 4 is 45.3 Å². The third kappa shape index (κ3) is 5.11. The lowest BCUT2D eigenvalue weighted by Gasteiger charge is -2.16. The zero-order chi connectivity index (χ0) is 25.1. The summed E-state index contributed by atoms with van der Waals surface area (Å²) in [5.74, 6) is -0.226. The molecule has 0 aliphatic heterocycles. The van der Waals surface area contributed by atoms with Gasteiger partial charge in [0.2, 0.25) is 5.91 Å². The number of imidazole rings is 1. The first-order valence-corrected chi connectivity index (χ1v) is 12.6. The molecule has 0 bridgehead atoms. The van der Waals surface area contributed by atoms with Crippen LogP contribution in [0.4, 0.5) is 5.69 Å². The number of thioether (sulfide) groups is 1. The van der Waals surface area contributed by atoms with Crippen LogP contribution in [0.15, 0.2) is 87.5 Å². The number of carbonyl (C=O) groups is 1. The molecule has 182 valence electrons. The number of amides is 1. The Kier molecular flexibility index (Phi) is 6.73. The number of benzene rings is 3. The fourth-order valence-electron chi connectivity index (χ4n) is 4.09. The van der Waals surface area contributed by atoms with E-state index in [-0.39, 0.29) is 17.2 Å². The molecule has 3 aromatic carbocycles. The largest absolute Gasteiger partial charge is 0.325 e. The Balaban J connectivity index is 1.36. The number of aromatic nitrogens is 4. The van der Waals surface area contributed by atoms with Crippen LogP contribution in [-0.2, 0) is 17.8 Å². The molecule has 2 heterocycles. The highest BCUT2D eigenvalue weighted by molar-refractivity contribution is 8.00. The number of H-pyrrole nitrogens is 2. The zero-order valence-corrected chi connectivity index (χ0v) is 20.5. The molecule has 8 nitrogen and oxygen atoms in total. The Morgan fingerprint density at radius 3 is 2.58 bits per heavy atom. The molecule has 5 rings (SSSR count). The lowest BCUT2D eigenvalue weighted by atomic mass is 10.1. The van der Waals surface area contributed by atoms with Crippen LogP contribution in [0.25, 0.3) is 21.9 Å². The number of fused-ring (bicyclic) bond motifs is 2. The van der Waals surface area contributed by atoms with Crippen molar-refractivity contribution in [2.75, 3.05) is 5.32 Å². The quantitative estimate of drug-likeness (QED) is 0.217. The van der Waals surface area contributed by atoms with Gasteiger partial charge in [-0.2, -0.15) is 0 Å². The Morgan fingerprint density at radius 2 is 1.75 bits per heavy atom. The summed E-state index contributed by atoms with van der Waals surface area (Å²) in [5, 5.41) is 3.45. The van der Waals surface area contributed by atoms with Crippen LogP contribution < -0.4 is 16.6 Å². The molecule has 0 fully saturated rings. The summed E-state index contributed by atoms with van der Waals surface area (Å²) in [4.78, 5) is 47.9. The summed E-state index contributed by atoms with van der Waals surface area (Å²) in [7, 11) is 0. The summed E-state index contributed by atoms with van der Waals surface area (Å²) in [6.07, 6.45) is 1.61. The van der Waals surface area contributed by atoms with Crippen LogP contribution in [0.2, 0.25) is 0 Å². The number of rotatable bonds is 8. The van der Waals surface area contributed by atoms with Gasteiger partial charge in [0.1, 0.15) is 0 Å². The Bertz CT molecular complexity index is 1660. The van der Waals surface area contributed by atoms with Gasteiger partial charge in [-0.25, -0.2) is 9.78 Å². The molecule has 0 radical (unpaired) electrons. The summed E-state index contributed by atoms with van der Waals surface area (Å²) >= 11 is 1.26. The second kappa shape index (κ2) is 10.2. The Morgan fingerprint density at radius 1 is 1.00 bits per heavy atom. The average Bonchev–Trinajstić information content (AvgIpc) is 3.25. The normalized spacial score (nSPS) is 12.1. The van der Waals surface area contributed by atoms with Crippen molar-refractivity contribution in [3.63, 3.8) is 0 Å². The molecule has 1 atom stereocenters. The molecule has 1 unspecified atom stereocenters. The number of nitrogens with one attached hydrogen (secondary N) is 3. The molecule has 2 aromatic heterocycles. The average molecular weight is 500 g/mol. The monoisotopic (exact) mass is 499 g/mol.